The van der Waals surface area contributed by atoms with Crippen LogP contribution in [0.2, 0.25) is 12.1 Å². The molecule has 0 aromatic heterocycles. The van der Waals surface area contributed by atoms with Crippen molar-refractivity contribution in [2.75, 3.05) is 0 Å². The smallest absolute Gasteiger partial charge is 0.0772 e. The van der Waals surface area contributed by atoms with Gasteiger partial charge in [0.05, 0.1) is 0 Å². The van der Waals surface area contributed by atoms with Gasteiger partial charge in [-0.15, -0.1) is 0 Å². The van der Waals surface area contributed by atoms with Gasteiger partial charge in [-0.1, -0.05) is 52.7 Å². The Hall–Kier alpha value is 0.0649. The number of rotatable bonds is 5. The van der Waals surface area contributed by atoms with Crippen LogP contribution in [0.5, 0.6) is 0 Å². The average molecular weight is 139 g/mol. The van der Waals surface area contributed by atoms with E-state index in [1.165, 1.54) is 19.2 Å². The zero-order valence-corrected chi connectivity index (χ0v) is 7.85. The summed E-state index contributed by atoms with van der Waals surface area (Å²) in [6, 6.07) is 0. The predicted molar refractivity (Wildman–Crippen MR) is 49.7 cm³/mol. The molecule has 59 valence electrons. The monoisotopic (exact) mass is 139 g/mol. The third-order valence-electron chi connectivity index (χ3n) is 2.10. The van der Waals surface area contributed by atoms with E-state index in [4.69, 9.17) is 0 Å². The van der Waals surface area contributed by atoms with Gasteiger partial charge in [0, 0.05) is 0 Å². The largest absolute Gasteiger partial charge is 0.113 e. The lowest BCUT2D eigenvalue weighted by atomic mass is 9.60. The van der Waals surface area contributed by atoms with Gasteiger partial charge in [0.25, 0.3) is 0 Å². The van der Waals surface area contributed by atoms with Crippen LogP contribution in [0.25, 0.3) is 0 Å². The Bertz CT molecular complexity index is 65.1. The molecule has 0 unspecified atom stereocenters. The first-order valence-electron chi connectivity index (χ1n) is 4.54. The molecule has 0 saturated heterocycles. The summed E-state index contributed by atoms with van der Waals surface area (Å²) < 4.78 is 0. The van der Waals surface area contributed by atoms with Crippen molar-refractivity contribution in [3.8, 4) is 0 Å². The van der Waals surface area contributed by atoms with Gasteiger partial charge in [0.1, 0.15) is 7.28 Å². The highest BCUT2D eigenvalue weighted by atomic mass is 14.0. The van der Waals surface area contributed by atoms with Crippen molar-refractivity contribution >= 4 is 7.28 Å². The Morgan fingerprint density at radius 1 is 1.10 bits per heavy atom. The maximum Gasteiger partial charge on any atom is 0.113 e. The number of hydrogen-bond acceptors (Lipinski definition) is 0. The fourth-order valence-corrected chi connectivity index (χ4v) is 1.09. The van der Waals surface area contributed by atoms with E-state index < -0.39 is 0 Å². The third-order valence-corrected chi connectivity index (χ3v) is 2.10. The molecule has 0 aliphatic heterocycles. The Morgan fingerprint density at radius 3 is 1.90 bits per heavy atom. The van der Waals surface area contributed by atoms with E-state index in [9.17, 15) is 0 Å². The summed E-state index contributed by atoms with van der Waals surface area (Å²) in [5.74, 6) is 1.70. The summed E-state index contributed by atoms with van der Waals surface area (Å²) in [5.41, 5.74) is 0. The van der Waals surface area contributed by atoms with Crippen LogP contribution in [-0.2, 0) is 0 Å². The molecule has 0 aromatic carbocycles. The molecule has 0 bridgehead atoms. The van der Waals surface area contributed by atoms with Crippen molar-refractivity contribution in [1.82, 2.24) is 0 Å². The van der Waals surface area contributed by atoms with Gasteiger partial charge in [-0.25, -0.2) is 0 Å². The van der Waals surface area contributed by atoms with Crippen LogP contribution in [0.4, 0.5) is 0 Å². The van der Waals surface area contributed by atoms with Crippen molar-refractivity contribution in [2.45, 2.75) is 52.7 Å². The van der Waals surface area contributed by atoms with Crippen LogP contribution in [0.1, 0.15) is 40.5 Å². The summed E-state index contributed by atoms with van der Waals surface area (Å²) in [6.45, 7) is 9.06. The molecular weight excluding hydrogens is 119 g/mol. The van der Waals surface area contributed by atoms with Crippen LogP contribution >= 0.6 is 0 Å². The lowest BCUT2D eigenvalue weighted by Gasteiger charge is -2.11. The molecule has 0 fully saturated rings. The molecule has 0 atom stereocenters. The highest BCUT2D eigenvalue weighted by molar-refractivity contribution is 6.37. The minimum Gasteiger partial charge on any atom is -0.0772 e. The van der Waals surface area contributed by atoms with E-state index in [0.29, 0.717) is 0 Å². The van der Waals surface area contributed by atoms with Crippen LogP contribution < -0.4 is 0 Å². The van der Waals surface area contributed by atoms with E-state index in [-0.39, 0.29) is 0 Å². The predicted octanol–water partition coefficient (Wildman–Crippen LogP) is 3.37. The van der Waals surface area contributed by atoms with Gasteiger partial charge in [-0.05, 0) is 5.92 Å². The molecule has 10 heavy (non-hydrogen) atoms. The lowest BCUT2D eigenvalue weighted by Crippen LogP contribution is -2.03. The summed E-state index contributed by atoms with van der Waals surface area (Å²) in [5, 5.41) is 0. The van der Waals surface area contributed by atoms with Crippen molar-refractivity contribution < 1.29 is 0 Å². The summed E-state index contributed by atoms with van der Waals surface area (Å²) >= 11 is 0. The van der Waals surface area contributed by atoms with Crippen molar-refractivity contribution in [2.24, 2.45) is 5.92 Å². The Balaban J connectivity index is 3.26. The highest BCUT2D eigenvalue weighted by Gasteiger charge is 2.04. The lowest BCUT2D eigenvalue weighted by molar-refractivity contribution is 0.540. The quantitative estimate of drug-likeness (QED) is 0.512. The van der Waals surface area contributed by atoms with E-state index in [0.717, 1.165) is 11.7 Å². The van der Waals surface area contributed by atoms with Gasteiger partial charge in [0.15, 0.2) is 0 Å². The molecule has 1 radical (unpaired) electrons. The van der Waals surface area contributed by atoms with Gasteiger partial charge < -0.3 is 0 Å². The van der Waals surface area contributed by atoms with Crippen molar-refractivity contribution in [1.29, 1.82) is 0 Å². The molecule has 0 aromatic rings. The molecular formula is C9H20B. The highest BCUT2D eigenvalue weighted by Crippen LogP contribution is 2.15. The van der Waals surface area contributed by atoms with Crippen molar-refractivity contribution in [3.63, 3.8) is 0 Å². The van der Waals surface area contributed by atoms with Gasteiger partial charge in [-0.3, -0.25) is 0 Å². The van der Waals surface area contributed by atoms with Crippen LogP contribution in [0, 0.1) is 5.92 Å². The minimum atomic E-state index is 0.764. The molecule has 1 heteroatoms. The molecule has 0 spiro atoms. The molecule has 0 aliphatic carbocycles. The zero-order valence-electron chi connectivity index (χ0n) is 7.85. The van der Waals surface area contributed by atoms with E-state index in [1.807, 2.05) is 0 Å². The fraction of sp³-hybridized carbons (Fsp3) is 1.00. The Kier molecular flexibility index (Phi) is 5.86. The van der Waals surface area contributed by atoms with Gasteiger partial charge in [0.2, 0.25) is 0 Å². The third kappa shape index (κ3) is 4.90. The van der Waals surface area contributed by atoms with Gasteiger partial charge in [-0.2, -0.15) is 0 Å². The maximum atomic E-state index is 2.43. The fourth-order valence-electron chi connectivity index (χ4n) is 1.09. The number of hydrogen-bond donors (Lipinski definition) is 0. The Labute approximate surface area is 66.6 Å². The maximum absolute atomic E-state index is 2.43. The summed E-state index contributed by atoms with van der Waals surface area (Å²) in [6.07, 6.45) is 3.98. The van der Waals surface area contributed by atoms with Crippen LogP contribution in [0.15, 0.2) is 0 Å². The van der Waals surface area contributed by atoms with Crippen LogP contribution in [0.3, 0.4) is 0 Å². The molecule has 0 N–H and O–H groups in total. The van der Waals surface area contributed by atoms with Crippen molar-refractivity contribution in [3.05, 3.63) is 0 Å². The molecule has 0 saturated carbocycles. The molecule has 0 nitrogen and oxygen atoms in total. The van der Waals surface area contributed by atoms with E-state index in [2.05, 4.69) is 35.0 Å². The second kappa shape index (κ2) is 5.82. The molecule has 0 aliphatic rings. The summed E-state index contributed by atoms with van der Waals surface area (Å²) in [4.78, 5) is 0. The van der Waals surface area contributed by atoms with E-state index in [1.54, 1.807) is 0 Å². The molecule has 0 amide bonds. The molecule has 0 heterocycles. The van der Waals surface area contributed by atoms with Crippen LogP contribution in [-0.4, -0.2) is 7.28 Å². The Morgan fingerprint density at radius 2 is 1.60 bits per heavy atom. The summed E-state index contributed by atoms with van der Waals surface area (Å²) in [7, 11) is 2.43. The molecule has 0 rings (SSSR count). The topological polar surface area (TPSA) is 0 Å². The SMILES string of the molecule is CCC(CC)C[B]C(C)C. The first-order chi connectivity index (χ1) is 4.70. The first-order valence-corrected chi connectivity index (χ1v) is 4.54. The first kappa shape index (κ1) is 10.1. The second-order valence-corrected chi connectivity index (χ2v) is 3.40. The second-order valence-electron chi connectivity index (χ2n) is 3.40. The minimum absolute atomic E-state index is 0.764. The van der Waals surface area contributed by atoms with Gasteiger partial charge >= 0.3 is 0 Å². The van der Waals surface area contributed by atoms with E-state index >= 15 is 0 Å². The normalized spacial score (nSPS) is 11.0. The standard InChI is InChI=1S/C9H20B/c1-5-9(6-2)7-10-8(3)4/h8-9H,5-7H2,1-4H3. The zero-order chi connectivity index (χ0) is 7.98. The average Bonchev–Trinajstić information content (AvgIpc) is 1.90.